The summed E-state index contributed by atoms with van der Waals surface area (Å²) in [6.45, 7) is 1.99. The Hall–Kier alpha value is -1.88. The fraction of sp³-hybridized carbons (Fsp3) is 0.579. The Labute approximate surface area is 142 Å². The Morgan fingerprint density at radius 3 is 2.96 bits per heavy atom. The van der Waals surface area contributed by atoms with Crippen LogP contribution in [-0.2, 0) is 4.74 Å². The molecule has 0 N–H and O–H groups in total. The van der Waals surface area contributed by atoms with E-state index in [1.807, 2.05) is 39.9 Å². The highest BCUT2D eigenvalue weighted by Crippen LogP contribution is 2.29. The molecular formula is C19H25N3O2. The average molecular weight is 327 g/mol. The fourth-order valence-electron chi connectivity index (χ4n) is 4.04. The molecule has 24 heavy (non-hydrogen) atoms. The molecule has 1 aliphatic carbocycles. The van der Waals surface area contributed by atoms with Gasteiger partial charge in [-0.1, -0.05) is 38.2 Å². The molecule has 2 fully saturated rings. The molecule has 1 saturated heterocycles. The second kappa shape index (κ2) is 6.93. The van der Waals surface area contributed by atoms with Crippen molar-refractivity contribution in [1.29, 1.82) is 0 Å². The molecule has 0 bridgehead atoms. The smallest absolute Gasteiger partial charge is 0.274 e. The third-order valence-corrected chi connectivity index (χ3v) is 5.33. The van der Waals surface area contributed by atoms with Gasteiger partial charge >= 0.3 is 0 Å². The van der Waals surface area contributed by atoms with Crippen LogP contribution in [0, 0.1) is 5.92 Å². The molecular weight excluding hydrogens is 302 g/mol. The van der Waals surface area contributed by atoms with Gasteiger partial charge in [0.15, 0.2) is 0 Å². The highest BCUT2D eigenvalue weighted by Gasteiger charge is 2.28. The van der Waals surface area contributed by atoms with Crippen LogP contribution in [0.2, 0.25) is 0 Å². The van der Waals surface area contributed by atoms with Crippen LogP contribution < -0.4 is 0 Å². The standard InChI is InChI=1S/C19H25N3O2/c23-19(17-14-21-9-5-4-8-18(21)20-17)22-10-11-24-16(13-22)12-15-6-2-1-3-7-15/h4-5,8-9,14-16H,1-3,6-7,10-13H2/t16-/m1/s1. The number of fused-ring (bicyclic) bond motifs is 1. The summed E-state index contributed by atoms with van der Waals surface area (Å²) < 4.78 is 7.83. The Balaban J connectivity index is 1.42. The van der Waals surface area contributed by atoms with Crippen LogP contribution in [0.1, 0.15) is 49.0 Å². The van der Waals surface area contributed by atoms with Gasteiger partial charge in [-0.15, -0.1) is 0 Å². The van der Waals surface area contributed by atoms with Crippen molar-refractivity contribution in [3.63, 3.8) is 0 Å². The normalized spacial score (nSPS) is 22.8. The molecule has 4 rings (SSSR count). The average Bonchev–Trinajstić information content (AvgIpc) is 3.06. The van der Waals surface area contributed by atoms with Crippen molar-refractivity contribution in [2.24, 2.45) is 5.92 Å². The molecule has 0 spiro atoms. The zero-order chi connectivity index (χ0) is 16.4. The zero-order valence-corrected chi connectivity index (χ0v) is 14.1. The summed E-state index contributed by atoms with van der Waals surface area (Å²) in [6.07, 6.45) is 11.7. The van der Waals surface area contributed by atoms with Gasteiger partial charge < -0.3 is 14.0 Å². The molecule has 0 unspecified atom stereocenters. The predicted molar refractivity (Wildman–Crippen MR) is 92.0 cm³/mol. The van der Waals surface area contributed by atoms with Crippen molar-refractivity contribution < 1.29 is 9.53 Å². The second-order valence-corrected chi connectivity index (χ2v) is 7.08. The minimum Gasteiger partial charge on any atom is -0.375 e. The lowest BCUT2D eigenvalue weighted by Gasteiger charge is -2.35. The number of carbonyl (C=O) groups is 1. The van der Waals surface area contributed by atoms with Crippen LogP contribution in [0.15, 0.2) is 30.6 Å². The van der Waals surface area contributed by atoms with E-state index in [9.17, 15) is 4.79 Å². The van der Waals surface area contributed by atoms with Gasteiger partial charge in [0, 0.05) is 25.5 Å². The molecule has 0 aromatic carbocycles. The zero-order valence-electron chi connectivity index (χ0n) is 14.1. The van der Waals surface area contributed by atoms with E-state index >= 15 is 0 Å². The molecule has 1 aliphatic heterocycles. The van der Waals surface area contributed by atoms with Crippen molar-refractivity contribution in [2.45, 2.75) is 44.6 Å². The van der Waals surface area contributed by atoms with Gasteiger partial charge in [-0.05, 0) is 24.5 Å². The van der Waals surface area contributed by atoms with Crippen LogP contribution in [0.25, 0.3) is 5.65 Å². The monoisotopic (exact) mass is 327 g/mol. The molecule has 1 atom stereocenters. The van der Waals surface area contributed by atoms with Gasteiger partial charge in [0.2, 0.25) is 0 Å². The van der Waals surface area contributed by atoms with Crippen LogP contribution >= 0.6 is 0 Å². The number of aromatic nitrogens is 2. The number of amides is 1. The van der Waals surface area contributed by atoms with Crippen LogP contribution in [0.4, 0.5) is 0 Å². The number of hydrogen-bond donors (Lipinski definition) is 0. The van der Waals surface area contributed by atoms with E-state index in [1.54, 1.807) is 0 Å². The van der Waals surface area contributed by atoms with E-state index in [4.69, 9.17) is 4.74 Å². The van der Waals surface area contributed by atoms with Gasteiger partial charge in [0.1, 0.15) is 11.3 Å². The number of ether oxygens (including phenoxy) is 1. The first-order valence-corrected chi connectivity index (χ1v) is 9.14. The third kappa shape index (κ3) is 3.31. The van der Waals surface area contributed by atoms with E-state index < -0.39 is 0 Å². The Kier molecular flexibility index (Phi) is 4.52. The number of imidazole rings is 1. The molecule has 0 radical (unpaired) electrons. The first-order valence-electron chi connectivity index (χ1n) is 9.14. The highest BCUT2D eigenvalue weighted by atomic mass is 16.5. The van der Waals surface area contributed by atoms with Crippen molar-refractivity contribution >= 4 is 11.6 Å². The van der Waals surface area contributed by atoms with Gasteiger partial charge in [-0.3, -0.25) is 4.79 Å². The van der Waals surface area contributed by atoms with Crippen LogP contribution in [0.5, 0.6) is 0 Å². The fourth-order valence-corrected chi connectivity index (χ4v) is 4.04. The SMILES string of the molecule is O=C(c1cn2ccccc2n1)N1CCO[C@H](CC2CCCCC2)C1. The minimum atomic E-state index is 0.0237. The molecule has 1 amide bonds. The molecule has 5 heteroatoms. The number of morpholine rings is 1. The van der Waals surface area contributed by atoms with Gasteiger partial charge in [-0.25, -0.2) is 4.98 Å². The molecule has 5 nitrogen and oxygen atoms in total. The maximum Gasteiger partial charge on any atom is 0.274 e. The summed E-state index contributed by atoms with van der Waals surface area (Å²) >= 11 is 0. The lowest BCUT2D eigenvalue weighted by molar-refractivity contribution is -0.0338. The lowest BCUT2D eigenvalue weighted by atomic mass is 9.85. The quantitative estimate of drug-likeness (QED) is 0.870. The maximum atomic E-state index is 12.8. The Morgan fingerprint density at radius 2 is 2.12 bits per heavy atom. The van der Waals surface area contributed by atoms with Crippen molar-refractivity contribution in [3.8, 4) is 0 Å². The second-order valence-electron chi connectivity index (χ2n) is 7.08. The summed E-state index contributed by atoms with van der Waals surface area (Å²) in [5.41, 5.74) is 1.34. The predicted octanol–water partition coefficient (Wildman–Crippen LogP) is 3.15. The number of pyridine rings is 1. The molecule has 2 aliphatic rings. The maximum absolute atomic E-state index is 12.8. The van der Waals surface area contributed by atoms with Crippen molar-refractivity contribution in [2.75, 3.05) is 19.7 Å². The molecule has 1 saturated carbocycles. The summed E-state index contributed by atoms with van der Waals surface area (Å²) in [7, 11) is 0. The molecule has 2 aromatic heterocycles. The van der Waals surface area contributed by atoms with E-state index in [2.05, 4.69) is 4.98 Å². The number of hydrogen-bond acceptors (Lipinski definition) is 3. The van der Waals surface area contributed by atoms with Crippen LogP contribution in [0.3, 0.4) is 0 Å². The van der Waals surface area contributed by atoms with Crippen molar-refractivity contribution in [3.05, 3.63) is 36.3 Å². The number of nitrogens with zero attached hydrogens (tertiary/aromatic N) is 3. The number of carbonyl (C=O) groups excluding carboxylic acids is 1. The van der Waals surface area contributed by atoms with E-state index in [0.29, 0.717) is 25.4 Å². The number of rotatable bonds is 3. The Morgan fingerprint density at radius 1 is 1.25 bits per heavy atom. The molecule has 128 valence electrons. The van der Waals surface area contributed by atoms with Gasteiger partial charge in [-0.2, -0.15) is 0 Å². The van der Waals surface area contributed by atoms with Gasteiger partial charge in [0.05, 0.1) is 12.7 Å². The van der Waals surface area contributed by atoms with E-state index in [-0.39, 0.29) is 12.0 Å². The third-order valence-electron chi connectivity index (χ3n) is 5.33. The summed E-state index contributed by atoms with van der Waals surface area (Å²) in [6, 6.07) is 5.80. The minimum absolute atomic E-state index is 0.0237. The summed E-state index contributed by atoms with van der Waals surface area (Å²) in [4.78, 5) is 19.2. The Bertz CT molecular complexity index is 672. The molecule has 2 aromatic rings. The highest BCUT2D eigenvalue weighted by molar-refractivity contribution is 5.93. The topological polar surface area (TPSA) is 46.8 Å². The van der Waals surface area contributed by atoms with Crippen molar-refractivity contribution in [1.82, 2.24) is 14.3 Å². The molecule has 3 heterocycles. The first kappa shape index (κ1) is 15.6. The summed E-state index contributed by atoms with van der Waals surface area (Å²) in [5, 5.41) is 0. The van der Waals surface area contributed by atoms with E-state index in [0.717, 1.165) is 18.0 Å². The van der Waals surface area contributed by atoms with Crippen LogP contribution in [-0.4, -0.2) is 46.0 Å². The lowest BCUT2D eigenvalue weighted by Crippen LogP contribution is -2.46. The van der Waals surface area contributed by atoms with E-state index in [1.165, 1.54) is 32.1 Å². The summed E-state index contributed by atoms with van der Waals surface area (Å²) in [5.74, 6) is 0.796. The first-order chi connectivity index (χ1) is 11.8. The largest absolute Gasteiger partial charge is 0.375 e. The van der Waals surface area contributed by atoms with Gasteiger partial charge in [0.25, 0.3) is 5.91 Å².